The van der Waals surface area contributed by atoms with Crippen molar-refractivity contribution in [3.8, 4) is 0 Å². The van der Waals surface area contributed by atoms with Crippen molar-refractivity contribution in [2.24, 2.45) is 10.2 Å². The molecule has 0 fully saturated rings. The summed E-state index contributed by atoms with van der Waals surface area (Å²) < 4.78 is 0. The predicted octanol–water partition coefficient (Wildman–Crippen LogP) is 0.839. The molecule has 48 valence electrons. The average Bonchev–Trinajstić information content (AvgIpc) is 1.66. The molecule has 0 bridgehead atoms. The summed E-state index contributed by atoms with van der Waals surface area (Å²) in [6.45, 7) is 4.41. The van der Waals surface area contributed by atoms with E-state index in [1.165, 1.54) is 0 Å². The average molecular weight is 116 g/mol. The molecular weight excluding hydrogens is 104 g/mol. The molecule has 0 spiro atoms. The maximum atomic E-state index is 8.23. The van der Waals surface area contributed by atoms with Crippen LogP contribution in [0.1, 0.15) is 13.8 Å². The Morgan fingerprint density at radius 2 is 2.12 bits per heavy atom. The minimum Gasteiger partial charge on any atom is -0.394 e. The van der Waals surface area contributed by atoms with Crippen molar-refractivity contribution in [2.75, 3.05) is 13.2 Å². The summed E-state index contributed by atoms with van der Waals surface area (Å²) in [7, 11) is 0. The maximum absolute atomic E-state index is 8.23. The van der Waals surface area contributed by atoms with Crippen molar-refractivity contribution >= 4 is 0 Å². The van der Waals surface area contributed by atoms with Gasteiger partial charge in [-0.2, -0.15) is 10.2 Å². The second-order valence-electron chi connectivity index (χ2n) is 1.80. The molecular formula is C5H12N2O. The minimum absolute atomic E-state index is 0.0935. The number of rotatable bonds is 3. The van der Waals surface area contributed by atoms with Gasteiger partial charge in [-0.3, -0.25) is 0 Å². The molecule has 8 heavy (non-hydrogen) atoms. The van der Waals surface area contributed by atoms with E-state index in [9.17, 15) is 0 Å². The van der Waals surface area contributed by atoms with E-state index in [1.807, 2.05) is 13.8 Å². The molecule has 0 rings (SSSR count). The fourth-order valence-corrected chi connectivity index (χ4v) is 0.266. The molecule has 0 aromatic rings. The van der Waals surface area contributed by atoms with E-state index in [1.54, 1.807) is 0 Å². The van der Waals surface area contributed by atoms with Crippen molar-refractivity contribution in [2.45, 2.75) is 19.9 Å². The summed E-state index contributed by atoms with van der Waals surface area (Å²) in [5, 5.41) is 15.7. The Kier molecular flexibility index (Phi) is 4.45. The van der Waals surface area contributed by atoms with Crippen LogP contribution in [0.25, 0.3) is 0 Å². The largest absolute Gasteiger partial charge is 0.394 e. The monoisotopic (exact) mass is 116 g/mol. The highest BCUT2D eigenvalue weighted by molar-refractivity contribution is 4.44. The Morgan fingerprint density at radius 3 is 2.50 bits per heavy atom. The zero-order valence-corrected chi connectivity index (χ0v) is 5.33. The third kappa shape index (κ3) is 5.56. The van der Waals surface area contributed by atoms with Crippen LogP contribution in [0, 0.1) is 0 Å². The highest BCUT2D eigenvalue weighted by atomic mass is 16.3. The second-order valence-corrected chi connectivity index (χ2v) is 1.80. The van der Waals surface area contributed by atoms with Crippen molar-refractivity contribution < 1.29 is 5.11 Å². The Morgan fingerprint density at radius 1 is 1.50 bits per heavy atom. The van der Waals surface area contributed by atoms with E-state index in [0.29, 0.717) is 6.54 Å². The van der Waals surface area contributed by atoms with Crippen molar-refractivity contribution in [3.63, 3.8) is 0 Å². The van der Waals surface area contributed by atoms with Crippen molar-refractivity contribution in [3.05, 3.63) is 0 Å². The molecule has 3 heteroatoms. The van der Waals surface area contributed by atoms with Crippen LogP contribution >= 0.6 is 0 Å². The van der Waals surface area contributed by atoms with Crippen molar-refractivity contribution in [1.82, 2.24) is 0 Å². The number of hydrogen-bond acceptors (Lipinski definition) is 3. The van der Waals surface area contributed by atoms with Crippen LogP contribution in [0.3, 0.4) is 0 Å². The lowest BCUT2D eigenvalue weighted by Gasteiger charge is -1.89. The summed E-state index contributed by atoms with van der Waals surface area (Å²) in [6, 6.07) is 0.251. The van der Waals surface area contributed by atoms with Crippen LogP contribution in [0.5, 0.6) is 0 Å². The number of azo groups is 1. The molecule has 0 radical (unpaired) electrons. The van der Waals surface area contributed by atoms with Crippen LogP contribution in [0.2, 0.25) is 0 Å². The topological polar surface area (TPSA) is 45.0 Å². The van der Waals surface area contributed by atoms with Crippen LogP contribution in [0.15, 0.2) is 10.2 Å². The Hall–Kier alpha value is -0.440. The number of aliphatic hydroxyl groups is 1. The standard InChI is InChI=1S/C5H12N2O/c1-5(2)7-6-3-4-8/h5,8H,3-4H2,1-2H3. The first-order chi connectivity index (χ1) is 3.77. The molecule has 0 amide bonds. The van der Waals surface area contributed by atoms with Gasteiger partial charge in [0.2, 0.25) is 0 Å². The highest BCUT2D eigenvalue weighted by Gasteiger charge is 1.82. The van der Waals surface area contributed by atoms with Gasteiger partial charge in [-0.15, -0.1) is 0 Å². The first-order valence-corrected chi connectivity index (χ1v) is 2.75. The molecule has 0 heterocycles. The summed E-state index contributed by atoms with van der Waals surface area (Å²) in [4.78, 5) is 0. The highest BCUT2D eigenvalue weighted by Crippen LogP contribution is 1.85. The van der Waals surface area contributed by atoms with Crippen molar-refractivity contribution in [1.29, 1.82) is 0 Å². The van der Waals surface area contributed by atoms with Gasteiger partial charge >= 0.3 is 0 Å². The Balaban J connectivity index is 3.07. The molecule has 0 saturated carbocycles. The van der Waals surface area contributed by atoms with Gasteiger partial charge in [0.15, 0.2) is 0 Å². The first-order valence-electron chi connectivity index (χ1n) is 2.75. The summed E-state index contributed by atoms with van der Waals surface area (Å²) in [6.07, 6.45) is 0. The van der Waals surface area contributed by atoms with E-state index < -0.39 is 0 Å². The molecule has 0 saturated heterocycles. The van der Waals surface area contributed by atoms with Crippen LogP contribution in [-0.4, -0.2) is 24.3 Å². The van der Waals surface area contributed by atoms with E-state index in [2.05, 4.69) is 10.2 Å². The molecule has 0 aromatic heterocycles. The van der Waals surface area contributed by atoms with Crippen LogP contribution in [-0.2, 0) is 0 Å². The van der Waals surface area contributed by atoms with Gasteiger partial charge in [-0.25, -0.2) is 0 Å². The number of hydrogen-bond donors (Lipinski definition) is 1. The van der Waals surface area contributed by atoms with Crippen LogP contribution < -0.4 is 0 Å². The summed E-state index contributed by atoms with van der Waals surface area (Å²) >= 11 is 0. The third-order valence-corrected chi connectivity index (χ3v) is 0.513. The number of aliphatic hydroxyl groups excluding tert-OH is 1. The lowest BCUT2D eigenvalue weighted by molar-refractivity contribution is 0.303. The summed E-state index contributed by atoms with van der Waals surface area (Å²) in [5.74, 6) is 0. The van der Waals surface area contributed by atoms with Gasteiger partial charge in [-0.1, -0.05) is 0 Å². The maximum Gasteiger partial charge on any atom is 0.0830 e. The molecule has 0 aromatic carbocycles. The van der Waals surface area contributed by atoms with Gasteiger partial charge < -0.3 is 5.11 Å². The minimum atomic E-state index is 0.0935. The van der Waals surface area contributed by atoms with Gasteiger partial charge in [0.1, 0.15) is 0 Å². The lowest BCUT2D eigenvalue weighted by atomic mass is 10.4. The SMILES string of the molecule is CC(C)N=NCCO. The number of nitrogens with zero attached hydrogens (tertiary/aromatic N) is 2. The Bertz CT molecular complexity index is 70.8. The van der Waals surface area contributed by atoms with Gasteiger partial charge in [0, 0.05) is 0 Å². The fourth-order valence-electron chi connectivity index (χ4n) is 0.266. The molecule has 0 aliphatic rings. The third-order valence-electron chi connectivity index (χ3n) is 0.513. The Labute approximate surface area is 49.4 Å². The normalized spacial score (nSPS) is 11.5. The zero-order valence-electron chi connectivity index (χ0n) is 5.33. The second kappa shape index (κ2) is 4.71. The first kappa shape index (κ1) is 7.56. The molecule has 0 atom stereocenters. The van der Waals surface area contributed by atoms with Gasteiger partial charge in [-0.05, 0) is 13.8 Å². The molecule has 0 aliphatic heterocycles. The molecule has 3 nitrogen and oxygen atoms in total. The molecule has 0 aliphatic carbocycles. The fraction of sp³-hybridized carbons (Fsp3) is 1.00. The summed E-state index contributed by atoms with van der Waals surface area (Å²) in [5.41, 5.74) is 0. The van der Waals surface area contributed by atoms with Crippen LogP contribution in [0.4, 0.5) is 0 Å². The predicted molar refractivity (Wildman–Crippen MR) is 31.9 cm³/mol. The lowest BCUT2D eigenvalue weighted by Crippen LogP contribution is -1.89. The van der Waals surface area contributed by atoms with E-state index >= 15 is 0 Å². The molecule has 1 N–H and O–H groups in total. The zero-order chi connectivity index (χ0) is 6.41. The van der Waals surface area contributed by atoms with E-state index in [-0.39, 0.29) is 12.6 Å². The smallest absolute Gasteiger partial charge is 0.0830 e. The van der Waals surface area contributed by atoms with Gasteiger partial charge in [0.05, 0.1) is 19.2 Å². The van der Waals surface area contributed by atoms with Gasteiger partial charge in [0.25, 0.3) is 0 Å². The van der Waals surface area contributed by atoms with E-state index in [4.69, 9.17) is 5.11 Å². The van der Waals surface area contributed by atoms with E-state index in [0.717, 1.165) is 0 Å². The molecule has 0 unspecified atom stereocenters. The quantitative estimate of drug-likeness (QED) is 0.545.